The van der Waals surface area contributed by atoms with Crippen LogP contribution in [-0.2, 0) is 103 Å². The number of likely N-dealkylation sites (tertiary alicyclic amines) is 1. The van der Waals surface area contributed by atoms with Crippen molar-refractivity contribution in [1.29, 1.82) is 0 Å². The normalized spacial score (nSPS) is 15.3. The Morgan fingerprint density at radius 1 is 0.340 bits per heavy atom. The van der Waals surface area contributed by atoms with Crippen LogP contribution in [0.1, 0.15) is 125 Å². The lowest BCUT2D eigenvalue weighted by Crippen LogP contribution is -2.57. The monoisotopic (exact) mass is 2150 g/mol. The number of carbonyl (C=O) groups excluding carboxylic acids is 4. The van der Waals surface area contributed by atoms with Gasteiger partial charge >= 0.3 is 0 Å². The minimum Gasteiger partial charge on any atom is -0.497 e. The van der Waals surface area contributed by atoms with Gasteiger partial charge in [0.05, 0.1) is 73.4 Å². The van der Waals surface area contributed by atoms with Gasteiger partial charge in [0, 0.05) is 114 Å². The van der Waals surface area contributed by atoms with Gasteiger partial charge in [0.2, 0.25) is 0 Å². The summed E-state index contributed by atoms with van der Waals surface area (Å²) < 4.78 is 183. The van der Waals surface area contributed by atoms with Crippen LogP contribution in [-0.4, -0.2) is 242 Å². The maximum atomic E-state index is 13.7. The van der Waals surface area contributed by atoms with E-state index >= 15 is 0 Å². The quantitative estimate of drug-likeness (QED) is 0.00999. The maximum absolute atomic E-state index is 13.7. The number of hydrogen-bond donors (Lipinski definition) is 8. The molecule has 0 aliphatic carbocycles. The molecule has 150 heavy (non-hydrogen) atoms. The number of benzene rings is 8. The number of nitrogens with zero attached hydrogens (tertiary/aromatic N) is 5. The molecule has 0 atom stereocenters. The topological polar surface area (TPSA) is 543 Å². The molecule has 4 saturated heterocycles. The number of aromatic nitrogens is 4. The molecule has 0 bridgehead atoms. The van der Waals surface area contributed by atoms with Gasteiger partial charge in [-0.1, -0.05) is 30.3 Å². The van der Waals surface area contributed by atoms with Crippen LogP contribution >= 0.6 is 0 Å². The highest BCUT2D eigenvalue weighted by atomic mass is 32.2. The largest absolute Gasteiger partial charge is 0.497 e. The lowest BCUT2D eigenvalue weighted by Gasteiger charge is -2.39. The van der Waals surface area contributed by atoms with Crippen molar-refractivity contribution in [3.05, 3.63) is 247 Å². The van der Waals surface area contributed by atoms with Crippen LogP contribution in [0.5, 0.6) is 40.2 Å². The highest BCUT2D eigenvalue weighted by Gasteiger charge is 2.56. The zero-order chi connectivity index (χ0) is 107. The number of hydrogen-bond acceptors (Lipinski definition) is 36. The molecule has 0 spiro atoms. The molecular formula is C106H125N9O31S4. The molecule has 16 rings (SSSR count). The molecule has 4 aliphatic heterocycles. The number of sulfone groups is 4. The van der Waals surface area contributed by atoms with Crippen molar-refractivity contribution in [2.45, 2.75) is 169 Å². The van der Waals surface area contributed by atoms with E-state index in [1.807, 2.05) is 136 Å². The molecule has 0 radical (unpaired) electrons. The molecule has 8 N–H and O–H groups in total. The smallest absolute Gasteiger partial charge is 0.265 e. The number of oxazole rings is 4. The van der Waals surface area contributed by atoms with Gasteiger partial charge in [0.15, 0.2) is 81.9 Å². The van der Waals surface area contributed by atoms with E-state index in [-0.39, 0.29) is 111 Å². The first kappa shape index (κ1) is 114. The Kier molecular flexibility index (Phi) is 40.0. The summed E-state index contributed by atoms with van der Waals surface area (Å²) in [5.74, 6) is 5.26. The van der Waals surface area contributed by atoms with Gasteiger partial charge in [-0.15, -0.1) is 0 Å². The summed E-state index contributed by atoms with van der Waals surface area (Å²) >= 11 is 0. The number of carbonyl (C=O) groups is 4. The van der Waals surface area contributed by atoms with Gasteiger partial charge < -0.3 is 74.7 Å². The summed E-state index contributed by atoms with van der Waals surface area (Å²) in [5.41, 5.74) is 13.1. The Bertz CT molecular complexity index is 6890. The highest BCUT2D eigenvalue weighted by molar-refractivity contribution is 7.94. The van der Waals surface area contributed by atoms with Crippen LogP contribution < -0.4 is 55.1 Å². The molecule has 4 aliphatic rings. The molecule has 8 aromatic carbocycles. The third-order valence-corrected chi connectivity index (χ3v) is 36.4. The molecule has 0 saturated carbocycles. The Morgan fingerprint density at radius 2 is 0.613 bits per heavy atom. The van der Waals surface area contributed by atoms with Gasteiger partial charge in [0.25, 0.3) is 23.6 Å². The van der Waals surface area contributed by atoms with Crippen LogP contribution in [0.15, 0.2) is 244 Å². The van der Waals surface area contributed by atoms with Crippen LogP contribution in [0.4, 0.5) is 0 Å². The van der Waals surface area contributed by atoms with Crippen LogP contribution in [0.2, 0.25) is 0 Å². The average molecular weight is 2150 g/mol. The van der Waals surface area contributed by atoms with E-state index in [1.54, 1.807) is 81.6 Å². The predicted molar refractivity (Wildman–Crippen MR) is 544 cm³/mol. The fraction of sp³-hybridized carbons (Fsp3) is 0.396. The Morgan fingerprint density at radius 3 is 0.907 bits per heavy atom. The van der Waals surface area contributed by atoms with Crippen molar-refractivity contribution in [2.75, 3.05) is 120 Å². The minimum absolute atomic E-state index is 0.000807. The van der Waals surface area contributed by atoms with E-state index in [2.05, 4.69) is 19.9 Å². The zero-order valence-electron chi connectivity index (χ0n) is 84.2. The molecule has 4 fully saturated rings. The predicted octanol–water partition coefficient (Wildman–Crippen LogP) is 14.0. The number of methoxy groups -OCH3 is 3. The third-order valence-electron chi connectivity index (χ3n) is 26.4. The molecule has 0 unspecified atom stereocenters. The fourth-order valence-corrected chi connectivity index (χ4v) is 25.5. The van der Waals surface area contributed by atoms with Gasteiger partial charge in [-0.25, -0.2) is 75.5 Å². The van der Waals surface area contributed by atoms with Crippen molar-refractivity contribution in [1.82, 2.24) is 46.8 Å². The molecule has 4 aromatic heterocycles. The first-order chi connectivity index (χ1) is 72.3. The van der Waals surface area contributed by atoms with Crippen molar-refractivity contribution in [3.8, 4) is 85.3 Å². The molecule has 40 nitrogen and oxygen atoms in total. The highest BCUT2D eigenvalue weighted by Crippen LogP contribution is 2.43. The second-order valence-electron chi connectivity index (χ2n) is 35.6. The minimum atomic E-state index is -4.10. The van der Waals surface area contributed by atoms with Crippen LogP contribution in [0, 0.1) is 20.8 Å². The van der Waals surface area contributed by atoms with Crippen molar-refractivity contribution < 1.29 is 143 Å². The first-order valence-electron chi connectivity index (χ1n) is 48.8. The Hall–Kier alpha value is -13.5. The van der Waals surface area contributed by atoms with Crippen molar-refractivity contribution in [3.63, 3.8) is 0 Å². The summed E-state index contributed by atoms with van der Waals surface area (Å²) in [6.07, 6.45) is 6.40. The summed E-state index contributed by atoms with van der Waals surface area (Å²) in [6.45, 7) is 12.3. The number of nitrogens with one attached hydrogen (secondary N) is 4. The standard InChI is InChI=1S/C30H39N3O8S.C26H30N2O8S.C25H28N2O8S.C25H28N2O7S/c1-4-39-24-9-7-23(8-10-24)28-22(2)41-27(31-28)6-5-20-40-25-11-13-26(14-12-25)42(36,37)30(29(34)32-35)15-17-33(18-16-30)19-21-38-3;1-18-24(19-5-7-20(33-2)8-6-19)27-23(36-18)4-3-15-35-21-9-11-22(12-10-21)37(31,32)26(25(29)28-30)13-16-34-17-14-26;1-32-19-6-4-18(5-7-19)22-17-35-23(26-22)3-2-14-34-20-8-10-21(11-9-20)36(30,31)25(24(28)27-29)12-15-33-16-13-25;1-18-23(19-6-3-2-4-7-19)26-22(34-18)8-5-15-33-20-9-11-21(12-10-20)35(30,31)25(24(28)27-29)13-16-32-17-14-25/h7-14,35H,4-6,15-21H2,1-3H3,(H,32,34);5-12,30H,3-4,13-17H2,1-2H3,(H,28,29);4-11,17,29H,2-3,12-16H2,1H3,(H,27,28);2-4,6-7,9-12,29H,5,8,13-17H2,1H3,(H,27,28). The molecule has 12 aromatic rings. The fourth-order valence-electron chi connectivity index (χ4n) is 17.8. The Labute approximate surface area is 869 Å². The summed E-state index contributed by atoms with van der Waals surface area (Å²) in [4.78, 5) is 70.0. The molecule has 8 heterocycles. The summed E-state index contributed by atoms with van der Waals surface area (Å²) in [5, 5.41) is 36.8. The number of ether oxygens (including phenoxy) is 11. The first-order valence-corrected chi connectivity index (χ1v) is 54.8. The second-order valence-corrected chi connectivity index (χ2v) is 44.6. The number of amides is 4. The van der Waals surface area contributed by atoms with Crippen molar-refractivity contribution in [2.24, 2.45) is 0 Å². The van der Waals surface area contributed by atoms with E-state index in [9.17, 15) is 58.1 Å². The Balaban J connectivity index is 0.000000167. The number of aryl methyl sites for hydroxylation is 7. The summed E-state index contributed by atoms with van der Waals surface area (Å²) in [7, 11) is -11.5. The van der Waals surface area contributed by atoms with Gasteiger partial charge in [0.1, 0.15) is 86.6 Å². The number of hydroxylamine groups is 4. The van der Waals surface area contributed by atoms with E-state index in [0.29, 0.717) is 157 Å². The second kappa shape index (κ2) is 52.8. The lowest BCUT2D eigenvalue weighted by molar-refractivity contribution is -0.135. The van der Waals surface area contributed by atoms with Crippen LogP contribution in [0.3, 0.4) is 0 Å². The average Bonchev–Trinajstić information content (AvgIpc) is 1.25. The van der Waals surface area contributed by atoms with Gasteiger partial charge in [-0.3, -0.25) is 40.0 Å². The lowest BCUT2D eigenvalue weighted by atomic mass is 9.95. The van der Waals surface area contributed by atoms with E-state index in [1.165, 1.54) is 65.0 Å². The van der Waals surface area contributed by atoms with E-state index in [0.717, 1.165) is 79.6 Å². The van der Waals surface area contributed by atoms with E-state index < -0.39 is 82.0 Å². The molecule has 4 amide bonds. The molecular weight excluding hydrogens is 2020 g/mol. The van der Waals surface area contributed by atoms with E-state index in [4.69, 9.17) is 85.4 Å². The van der Waals surface area contributed by atoms with Crippen molar-refractivity contribution >= 4 is 63.0 Å². The number of rotatable bonds is 43. The molecule has 44 heteroatoms. The maximum Gasteiger partial charge on any atom is 0.265 e. The number of piperidine rings is 1. The van der Waals surface area contributed by atoms with Gasteiger partial charge in [-0.2, -0.15) is 0 Å². The zero-order valence-corrected chi connectivity index (χ0v) is 87.5. The van der Waals surface area contributed by atoms with Crippen LogP contribution in [0.25, 0.3) is 45.0 Å². The van der Waals surface area contributed by atoms with Gasteiger partial charge in [-0.05, 0) is 275 Å². The third kappa shape index (κ3) is 26.9. The SMILES string of the molecule is CCOc1ccc(-c2nc(CCCOc3ccc(S(=O)(=O)C4(C(=O)NO)CCN(CCOC)CC4)cc3)oc2C)cc1.COc1ccc(-c2coc(CCCOc3ccc(S(=O)(=O)C4(C(=O)NO)CCOCC4)cc3)n2)cc1.COc1ccc(-c2nc(CCCOc3ccc(S(=O)(=O)C4(C(=O)NO)CCOCC4)cc3)oc2C)cc1.Cc1oc(CCCOc2ccc(S(=O)(=O)C3(C(=O)NO)CCOCC3)cc2)nc1-c1ccccc1. The summed E-state index contributed by atoms with van der Waals surface area (Å²) in [6, 6.07) is 56.5. The molecule has 804 valence electrons.